The molecule has 0 aromatic carbocycles. The fourth-order valence-corrected chi connectivity index (χ4v) is 1.66. The Labute approximate surface area is 139 Å². The molecule has 152 valence electrons. The average molecular weight is 425 g/mol. The van der Waals surface area contributed by atoms with E-state index >= 15 is 0 Å². The van der Waals surface area contributed by atoms with Gasteiger partial charge in [-0.25, -0.2) is 4.39 Å². The molecule has 0 amide bonds. The molecular weight excluding hydrogens is 416 g/mol. The van der Waals surface area contributed by atoms with Gasteiger partial charge in [-0.3, -0.25) is 9.54 Å². The maximum Gasteiger partial charge on any atom is 0.438 e. The Balaban J connectivity index is 0.000000867. The average Bonchev–Trinajstić information content (AvgIpc) is 2.46. The molecule has 0 spiro atoms. The van der Waals surface area contributed by atoms with Crippen LogP contribution >= 0.6 is 0 Å². The minimum absolute atomic E-state index is 1.75. The highest BCUT2D eigenvalue weighted by molar-refractivity contribution is 7.87. The van der Waals surface area contributed by atoms with E-state index in [1.54, 1.807) is 12.4 Å². The van der Waals surface area contributed by atoms with E-state index in [-0.39, 0.29) is 0 Å². The number of nitrogens with zero attached hydrogens (tertiary/aromatic N) is 1. The summed E-state index contributed by atoms with van der Waals surface area (Å²) in [7, 11) is -7.13. The molecule has 0 radical (unpaired) electrons. The van der Waals surface area contributed by atoms with Crippen LogP contribution in [0, 0.1) is 0 Å². The largest absolute Gasteiger partial charge is 0.438 e. The highest BCUT2D eigenvalue weighted by Crippen LogP contribution is 2.51. The quantitative estimate of drug-likeness (QED) is 0.570. The Hall–Kier alpha value is -1.64. The van der Waals surface area contributed by atoms with E-state index in [1.165, 1.54) is 0 Å². The number of rotatable bonds is 5. The first-order chi connectivity index (χ1) is 11.4. The fourth-order valence-electron chi connectivity index (χ4n) is 1.20. The Kier molecular flexibility index (Phi) is 7.44. The van der Waals surface area contributed by atoms with Crippen LogP contribution in [-0.2, 0) is 10.1 Å². The number of halogens is 10. The molecular formula is C11H9F10NO3S. The van der Waals surface area contributed by atoms with Crippen LogP contribution in [0.15, 0.2) is 30.6 Å². The van der Waals surface area contributed by atoms with Crippen molar-refractivity contribution in [3.63, 3.8) is 0 Å². The summed E-state index contributed by atoms with van der Waals surface area (Å²) in [5, 5.41) is -6.89. The van der Waals surface area contributed by atoms with E-state index in [0.29, 0.717) is 0 Å². The van der Waals surface area contributed by atoms with Gasteiger partial charge in [0.05, 0.1) is 6.42 Å². The van der Waals surface area contributed by atoms with Gasteiger partial charge in [0.25, 0.3) is 0 Å². The minimum Gasteiger partial charge on any atom is -0.281 e. The van der Waals surface area contributed by atoms with Crippen LogP contribution in [0.5, 0.6) is 0 Å². The predicted molar refractivity (Wildman–Crippen MR) is 66.2 cm³/mol. The Morgan fingerprint density at radius 1 is 0.885 bits per heavy atom. The monoisotopic (exact) mass is 425 g/mol. The van der Waals surface area contributed by atoms with Gasteiger partial charge >= 0.3 is 33.4 Å². The molecule has 0 bridgehead atoms. The lowest BCUT2D eigenvalue weighted by molar-refractivity contribution is -0.308. The molecule has 1 atom stereocenters. The zero-order valence-electron chi connectivity index (χ0n) is 12.1. The molecule has 0 aliphatic carbocycles. The third kappa shape index (κ3) is 5.69. The van der Waals surface area contributed by atoms with Crippen molar-refractivity contribution in [2.24, 2.45) is 0 Å². The van der Waals surface area contributed by atoms with Gasteiger partial charge in [0, 0.05) is 12.4 Å². The maximum atomic E-state index is 12.7. The SMILES string of the molecule is O=S(=O)(O)C(F)(F)C(F)(F)C(F)(F)C(F)CC(F)(F)F.c1ccncc1. The molecule has 0 aliphatic heterocycles. The lowest BCUT2D eigenvalue weighted by Gasteiger charge is -2.32. The Bertz CT molecular complexity index is 636. The summed E-state index contributed by atoms with van der Waals surface area (Å²) in [4.78, 5) is 3.78. The number of pyridine rings is 1. The van der Waals surface area contributed by atoms with Crippen molar-refractivity contribution in [2.75, 3.05) is 0 Å². The van der Waals surface area contributed by atoms with Crippen molar-refractivity contribution in [1.29, 1.82) is 0 Å². The topological polar surface area (TPSA) is 67.3 Å². The minimum atomic E-state index is -7.13. The van der Waals surface area contributed by atoms with Crippen molar-refractivity contribution in [2.45, 2.75) is 35.9 Å². The lowest BCUT2D eigenvalue weighted by Crippen LogP contribution is -2.61. The van der Waals surface area contributed by atoms with Crippen LogP contribution in [0.4, 0.5) is 43.9 Å². The Morgan fingerprint density at radius 3 is 1.54 bits per heavy atom. The molecule has 1 unspecified atom stereocenters. The summed E-state index contributed by atoms with van der Waals surface area (Å²) >= 11 is 0. The van der Waals surface area contributed by atoms with Gasteiger partial charge in [-0.05, 0) is 12.1 Å². The zero-order chi connectivity index (χ0) is 21.0. The molecule has 15 heteroatoms. The first-order valence-corrected chi connectivity index (χ1v) is 7.48. The van der Waals surface area contributed by atoms with Crippen molar-refractivity contribution < 1.29 is 56.9 Å². The normalized spacial score (nSPS) is 15.0. The fraction of sp³-hybridized carbons (Fsp3) is 0.545. The molecule has 1 rings (SSSR count). The highest BCUT2D eigenvalue weighted by Gasteiger charge is 2.80. The van der Waals surface area contributed by atoms with Gasteiger partial charge in [-0.15, -0.1) is 0 Å². The lowest BCUT2D eigenvalue weighted by atomic mass is 10.0. The first kappa shape index (κ1) is 24.4. The molecule has 0 saturated heterocycles. The number of alkyl halides is 10. The van der Waals surface area contributed by atoms with Crippen molar-refractivity contribution in [3.05, 3.63) is 30.6 Å². The van der Waals surface area contributed by atoms with Gasteiger partial charge in [0.1, 0.15) is 0 Å². The van der Waals surface area contributed by atoms with Crippen LogP contribution < -0.4 is 0 Å². The number of hydrogen-bond donors (Lipinski definition) is 1. The summed E-state index contributed by atoms with van der Waals surface area (Å²) < 4.78 is 150. The third-order valence-corrected chi connectivity index (χ3v) is 3.38. The zero-order valence-corrected chi connectivity index (χ0v) is 12.9. The summed E-state index contributed by atoms with van der Waals surface area (Å²) in [6.07, 6.45) is -10.3. The maximum absolute atomic E-state index is 12.7. The van der Waals surface area contributed by atoms with E-state index in [1.807, 2.05) is 18.2 Å². The van der Waals surface area contributed by atoms with Crippen LogP contribution in [0.1, 0.15) is 6.42 Å². The van der Waals surface area contributed by atoms with E-state index in [9.17, 15) is 52.3 Å². The molecule has 1 aromatic rings. The predicted octanol–water partition coefficient (Wildman–Crippen LogP) is 4.11. The summed E-state index contributed by atoms with van der Waals surface area (Å²) in [6, 6.07) is 5.72. The van der Waals surface area contributed by atoms with Gasteiger partial charge in [-0.1, -0.05) is 6.07 Å². The molecule has 26 heavy (non-hydrogen) atoms. The molecule has 0 aliphatic rings. The van der Waals surface area contributed by atoms with Crippen LogP contribution in [0.25, 0.3) is 0 Å². The molecule has 0 fully saturated rings. The van der Waals surface area contributed by atoms with Crippen molar-refractivity contribution in [3.8, 4) is 0 Å². The molecule has 1 heterocycles. The second-order valence-electron chi connectivity index (χ2n) is 4.50. The van der Waals surface area contributed by atoms with Crippen molar-refractivity contribution >= 4 is 10.1 Å². The molecule has 0 saturated carbocycles. The van der Waals surface area contributed by atoms with E-state index < -0.39 is 46.0 Å². The smallest absolute Gasteiger partial charge is 0.281 e. The van der Waals surface area contributed by atoms with Gasteiger partial charge in [-0.2, -0.15) is 47.9 Å². The summed E-state index contributed by atoms with van der Waals surface area (Å²) in [5.74, 6) is -13.8. The van der Waals surface area contributed by atoms with Crippen LogP contribution in [-0.4, -0.2) is 47.4 Å². The highest BCUT2D eigenvalue weighted by atomic mass is 32.2. The standard InChI is InChI=1S/C6H4F10O3S.C5H5N/c7-2(1-3(8,9)10)4(11,12)5(13,14)6(15,16)20(17,18)19;1-2-4-6-5-3-1/h2H,1H2,(H,17,18,19);1-5H. The van der Waals surface area contributed by atoms with Gasteiger partial charge < -0.3 is 0 Å². The van der Waals surface area contributed by atoms with Crippen molar-refractivity contribution in [1.82, 2.24) is 4.98 Å². The summed E-state index contributed by atoms with van der Waals surface area (Å²) in [5.41, 5.74) is 0. The second kappa shape index (κ2) is 7.94. The third-order valence-electron chi connectivity index (χ3n) is 2.48. The van der Waals surface area contributed by atoms with E-state index in [2.05, 4.69) is 4.98 Å². The Morgan fingerprint density at radius 2 is 1.31 bits per heavy atom. The van der Waals surface area contributed by atoms with E-state index in [4.69, 9.17) is 4.55 Å². The number of hydrogen-bond acceptors (Lipinski definition) is 3. The number of aromatic nitrogens is 1. The second-order valence-corrected chi connectivity index (χ2v) is 5.96. The van der Waals surface area contributed by atoms with Crippen LogP contribution in [0.3, 0.4) is 0 Å². The van der Waals surface area contributed by atoms with Crippen LogP contribution in [0.2, 0.25) is 0 Å². The molecule has 1 aromatic heterocycles. The van der Waals surface area contributed by atoms with E-state index in [0.717, 1.165) is 0 Å². The molecule has 1 N–H and O–H groups in total. The first-order valence-electron chi connectivity index (χ1n) is 6.04. The summed E-state index contributed by atoms with van der Waals surface area (Å²) in [6.45, 7) is 0. The molecule has 4 nitrogen and oxygen atoms in total. The van der Waals surface area contributed by atoms with Gasteiger partial charge in [0.15, 0.2) is 6.17 Å². The van der Waals surface area contributed by atoms with Gasteiger partial charge in [0.2, 0.25) is 0 Å².